The minimum Gasteiger partial charge on any atom is -0.508 e. The van der Waals surface area contributed by atoms with Gasteiger partial charge in [-0.3, -0.25) is 5.11 Å². The molecule has 0 aliphatic rings. The summed E-state index contributed by atoms with van der Waals surface area (Å²) in [6, 6.07) is 5.98. The van der Waals surface area contributed by atoms with E-state index in [9.17, 15) is 5.11 Å². The van der Waals surface area contributed by atoms with E-state index in [0.29, 0.717) is 5.56 Å². The fourth-order valence-electron chi connectivity index (χ4n) is 0.647. The maximum atomic E-state index is 10.6. The first kappa shape index (κ1) is 6.68. The molecule has 0 aliphatic heterocycles. The van der Waals surface area contributed by atoms with Gasteiger partial charge in [0.2, 0.25) is 0 Å². The molecule has 0 saturated carbocycles. The molecular formula is C8H7O2. The van der Waals surface area contributed by atoms with Gasteiger partial charge in [-0.2, -0.15) is 0 Å². The van der Waals surface area contributed by atoms with Crippen molar-refractivity contribution in [3.8, 4) is 5.75 Å². The summed E-state index contributed by atoms with van der Waals surface area (Å²) in [4.78, 5) is 0. The average Bonchev–Trinajstić information content (AvgIpc) is 1.88. The zero-order valence-corrected chi connectivity index (χ0v) is 5.37. The predicted molar refractivity (Wildman–Crippen MR) is 37.8 cm³/mol. The first-order valence-electron chi connectivity index (χ1n) is 2.85. The molecule has 0 atom stereocenters. The third kappa shape index (κ3) is 1.29. The molecule has 0 bridgehead atoms. The maximum Gasteiger partial charge on any atom is 0.178 e. The fraction of sp³-hybridized carbons (Fsp3) is 0. The SMILES string of the molecule is C=C([O])c1ccc(O)cc1. The number of benzene rings is 1. The second kappa shape index (κ2) is 2.43. The summed E-state index contributed by atoms with van der Waals surface area (Å²) in [5.74, 6) is -0.0787. The fourth-order valence-corrected chi connectivity index (χ4v) is 0.647. The summed E-state index contributed by atoms with van der Waals surface area (Å²) < 4.78 is 0. The summed E-state index contributed by atoms with van der Waals surface area (Å²) in [5.41, 5.74) is 0.512. The Kier molecular flexibility index (Phi) is 1.63. The van der Waals surface area contributed by atoms with Gasteiger partial charge in [-0.25, -0.2) is 0 Å². The highest BCUT2D eigenvalue weighted by atomic mass is 16.3. The Bertz CT molecular complexity index is 236. The second-order valence-electron chi connectivity index (χ2n) is 1.97. The lowest BCUT2D eigenvalue weighted by Gasteiger charge is -1.93. The van der Waals surface area contributed by atoms with Gasteiger partial charge in [0, 0.05) is 5.56 Å². The number of aromatic hydroxyl groups is 1. The zero-order chi connectivity index (χ0) is 7.56. The largest absolute Gasteiger partial charge is 0.508 e. The van der Waals surface area contributed by atoms with Gasteiger partial charge in [0.1, 0.15) is 5.75 Å². The Morgan fingerprint density at radius 3 is 2.20 bits per heavy atom. The molecule has 51 valence electrons. The Balaban J connectivity index is 3.00. The van der Waals surface area contributed by atoms with Gasteiger partial charge in [-0.05, 0) is 24.3 Å². The van der Waals surface area contributed by atoms with E-state index >= 15 is 0 Å². The molecule has 0 fully saturated rings. The van der Waals surface area contributed by atoms with Gasteiger partial charge in [0.05, 0.1) is 0 Å². The van der Waals surface area contributed by atoms with Crippen LogP contribution in [0.1, 0.15) is 5.56 Å². The van der Waals surface area contributed by atoms with Crippen LogP contribution < -0.4 is 0 Å². The van der Waals surface area contributed by atoms with Crippen molar-refractivity contribution >= 4 is 5.76 Å². The van der Waals surface area contributed by atoms with Gasteiger partial charge in [0.15, 0.2) is 5.76 Å². The van der Waals surface area contributed by atoms with E-state index in [1.54, 1.807) is 0 Å². The summed E-state index contributed by atoms with van der Waals surface area (Å²) >= 11 is 0. The number of hydrogen-bond acceptors (Lipinski definition) is 1. The van der Waals surface area contributed by atoms with Gasteiger partial charge in [-0.1, -0.05) is 6.58 Å². The summed E-state index contributed by atoms with van der Waals surface area (Å²) in [5, 5.41) is 19.4. The molecule has 1 aromatic rings. The Morgan fingerprint density at radius 1 is 1.30 bits per heavy atom. The van der Waals surface area contributed by atoms with Crippen LogP contribution in [0.4, 0.5) is 0 Å². The molecule has 1 radical (unpaired) electrons. The third-order valence-corrected chi connectivity index (χ3v) is 1.19. The highest BCUT2D eigenvalue weighted by molar-refractivity contribution is 5.56. The average molecular weight is 135 g/mol. The van der Waals surface area contributed by atoms with E-state index in [1.807, 2.05) is 0 Å². The van der Waals surface area contributed by atoms with Crippen LogP contribution in [-0.2, 0) is 5.11 Å². The number of hydrogen-bond donors (Lipinski definition) is 1. The molecule has 1 rings (SSSR count). The van der Waals surface area contributed by atoms with E-state index < -0.39 is 0 Å². The van der Waals surface area contributed by atoms with E-state index in [1.165, 1.54) is 24.3 Å². The topological polar surface area (TPSA) is 40.1 Å². The van der Waals surface area contributed by atoms with Gasteiger partial charge >= 0.3 is 0 Å². The molecule has 10 heavy (non-hydrogen) atoms. The molecule has 0 amide bonds. The molecule has 0 aromatic heterocycles. The van der Waals surface area contributed by atoms with Crippen molar-refractivity contribution in [2.75, 3.05) is 0 Å². The number of rotatable bonds is 1. The monoisotopic (exact) mass is 135 g/mol. The number of phenolic OH excluding ortho intramolecular Hbond substituents is 1. The molecule has 0 heterocycles. The summed E-state index contributed by atoms with van der Waals surface area (Å²) in [6.07, 6.45) is 0. The molecule has 0 aliphatic carbocycles. The van der Waals surface area contributed by atoms with Crippen molar-refractivity contribution in [2.45, 2.75) is 0 Å². The van der Waals surface area contributed by atoms with Crippen molar-refractivity contribution < 1.29 is 10.2 Å². The lowest BCUT2D eigenvalue weighted by Crippen LogP contribution is -1.76. The van der Waals surface area contributed by atoms with Crippen LogP contribution in [0.15, 0.2) is 30.8 Å². The lowest BCUT2D eigenvalue weighted by molar-refractivity contribution is 0.390. The Morgan fingerprint density at radius 2 is 1.80 bits per heavy atom. The van der Waals surface area contributed by atoms with Crippen LogP contribution in [0.25, 0.3) is 5.76 Å². The molecule has 0 saturated heterocycles. The van der Waals surface area contributed by atoms with Crippen molar-refractivity contribution in [2.24, 2.45) is 0 Å². The molecule has 0 unspecified atom stereocenters. The van der Waals surface area contributed by atoms with Gasteiger partial charge in [-0.15, -0.1) is 0 Å². The van der Waals surface area contributed by atoms with E-state index in [2.05, 4.69) is 6.58 Å². The molecule has 1 N–H and O–H groups in total. The molecule has 2 heteroatoms. The van der Waals surface area contributed by atoms with Crippen LogP contribution in [-0.4, -0.2) is 5.11 Å². The molecule has 0 spiro atoms. The van der Waals surface area contributed by atoms with Crippen LogP contribution in [0.2, 0.25) is 0 Å². The predicted octanol–water partition coefficient (Wildman–Crippen LogP) is 1.79. The lowest BCUT2D eigenvalue weighted by atomic mass is 10.2. The van der Waals surface area contributed by atoms with Crippen LogP contribution >= 0.6 is 0 Å². The van der Waals surface area contributed by atoms with Gasteiger partial charge < -0.3 is 5.11 Å². The maximum absolute atomic E-state index is 10.6. The molecule has 1 aromatic carbocycles. The van der Waals surface area contributed by atoms with Crippen LogP contribution in [0, 0.1) is 0 Å². The zero-order valence-electron chi connectivity index (χ0n) is 5.37. The highest BCUT2D eigenvalue weighted by Crippen LogP contribution is 2.14. The smallest absolute Gasteiger partial charge is 0.178 e. The third-order valence-electron chi connectivity index (χ3n) is 1.19. The van der Waals surface area contributed by atoms with Gasteiger partial charge in [0.25, 0.3) is 0 Å². The number of phenols is 1. The first-order chi connectivity index (χ1) is 4.70. The van der Waals surface area contributed by atoms with E-state index in [-0.39, 0.29) is 11.5 Å². The minimum atomic E-state index is -0.236. The second-order valence-corrected chi connectivity index (χ2v) is 1.97. The van der Waals surface area contributed by atoms with E-state index in [0.717, 1.165) is 0 Å². The Hall–Kier alpha value is -1.44. The Labute approximate surface area is 59.1 Å². The molecule has 2 nitrogen and oxygen atoms in total. The van der Waals surface area contributed by atoms with Crippen LogP contribution in [0.5, 0.6) is 5.75 Å². The normalized spacial score (nSPS) is 9.20. The minimum absolute atomic E-state index is 0.157. The van der Waals surface area contributed by atoms with Crippen molar-refractivity contribution in [3.63, 3.8) is 0 Å². The van der Waals surface area contributed by atoms with Crippen molar-refractivity contribution in [3.05, 3.63) is 36.4 Å². The first-order valence-corrected chi connectivity index (χ1v) is 2.85. The highest BCUT2D eigenvalue weighted by Gasteiger charge is 1.95. The summed E-state index contributed by atoms with van der Waals surface area (Å²) in [6.45, 7) is 3.22. The van der Waals surface area contributed by atoms with Crippen molar-refractivity contribution in [1.82, 2.24) is 0 Å². The quantitative estimate of drug-likeness (QED) is 0.586. The summed E-state index contributed by atoms with van der Waals surface area (Å²) in [7, 11) is 0. The standard InChI is InChI=1S/C8H7O2/c1-6(9)7-2-4-8(10)5-3-7/h2-5,10H,1H2. The molecular weight excluding hydrogens is 128 g/mol. The van der Waals surface area contributed by atoms with Crippen LogP contribution in [0.3, 0.4) is 0 Å². The van der Waals surface area contributed by atoms with E-state index in [4.69, 9.17) is 5.11 Å². The van der Waals surface area contributed by atoms with Crippen molar-refractivity contribution in [1.29, 1.82) is 0 Å².